The summed E-state index contributed by atoms with van der Waals surface area (Å²) >= 11 is 3.24. The zero-order chi connectivity index (χ0) is 12.4. The first-order chi connectivity index (χ1) is 8.81. The Balaban J connectivity index is 1.62. The van der Waals surface area contributed by atoms with Crippen molar-refractivity contribution in [1.29, 1.82) is 0 Å². The van der Waals surface area contributed by atoms with Crippen molar-refractivity contribution >= 4 is 15.9 Å². The Morgan fingerprint density at radius 1 is 1.39 bits per heavy atom. The average Bonchev–Trinajstić information content (AvgIpc) is 3.07. The van der Waals surface area contributed by atoms with Crippen LogP contribution in [0, 0.1) is 5.92 Å². The lowest BCUT2D eigenvalue weighted by atomic mass is 10.0. The molecule has 0 bridgehead atoms. The second-order valence-electron chi connectivity index (χ2n) is 4.38. The van der Waals surface area contributed by atoms with Crippen molar-refractivity contribution < 1.29 is 13.7 Å². The molecule has 0 aliphatic carbocycles. The Labute approximate surface area is 113 Å². The monoisotopic (exact) mass is 312 g/mol. The lowest BCUT2D eigenvalue weighted by molar-refractivity contribution is 0.183. The number of aromatic nitrogens is 2. The van der Waals surface area contributed by atoms with Crippen LogP contribution in [0.3, 0.4) is 0 Å². The summed E-state index contributed by atoms with van der Waals surface area (Å²) < 4.78 is 16.6. The van der Waals surface area contributed by atoms with Gasteiger partial charge < -0.3 is 13.7 Å². The third-order valence-electron chi connectivity index (χ3n) is 3.05. The van der Waals surface area contributed by atoms with E-state index in [4.69, 9.17) is 13.7 Å². The van der Waals surface area contributed by atoms with E-state index in [0.29, 0.717) is 28.1 Å². The van der Waals surface area contributed by atoms with Crippen LogP contribution in [-0.4, -0.2) is 23.4 Å². The van der Waals surface area contributed by atoms with Crippen LogP contribution < -0.4 is 0 Å². The van der Waals surface area contributed by atoms with Crippen LogP contribution in [0.15, 0.2) is 25.7 Å². The summed E-state index contributed by atoms with van der Waals surface area (Å²) in [4.78, 5) is 4.32. The maximum Gasteiger partial charge on any atom is 0.238 e. The molecule has 3 heterocycles. The molecular weight excluding hydrogens is 300 g/mol. The third kappa shape index (κ3) is 2.64. The van der Waals surface area contributed by atoms with Gasteiger partial charge in [0.25, 0.3) is 0 Å². The lowest BCUT2D eigenvalue weighted by Crippen LogP contribution is -2.01. The minimum Gasteiger partial charge on any atom is -0.446 e. The van der Waals surface area contributed by atoms with E-state index >= 15 is 0 Å². The van der Waals surface area contributed by atoms with Crippen molar-refractivity contribution in [2.75, 3.05) is 13.2 Å². The number of halogens is 1. The maximum absolute atomic E-state index is 5.37. The number of furan rings is 1. The highest BCUT2D eigenvalue weighted by Crippen LogP contribution is 2.23. The van der Waals surface area contributed by atoms with E-state index in [2.05, 4.69) is 26.1 Å². The van der Waals surface area contributed by atoms with Gasteiger partial charge in [-0.25, -0.2) is 0 Å². The highest BCUT2D eigenvalue weighted by Gasteiger charge is 2.18. The van der Waals surface area contributed by atoms with Gasteiger partial charge in [0.05, 0.1) is 0 Å². The fourth-order valence-electron chi connectivity index (χ4n) is 2.03. The Morgan fingerprint density at radius 2 is 2.33 bits per heavy atom. The minimum atomic E-state index is 0.498. The number of nitrogens with zero attached hydrogens (tertiary/aromatic N) is 2. The van der Waals surface area contributed by atoms with Crippen molar-refractivity contribution in [2.45, 2.75) is 19.3 Å². The number of hydrogen-bond acceptors (Lipinski definition) is 5. The van der Waals surface area contributed by atoms with Gasteiger partial charge in [-0.15, -0.1) is 0 Å². The van der Waals surface area contributed by atoms with Crippen LogP contribution in [0.2, 0.25) is 0 Å². The highest BCUT2D eigenvalue weighted by molar-refractivity contribution is 9.10. The van der Waals surface area contributed by atoms with Gasteiger partial charge in [-0.05, 0) is 46.8 Å². The van der Waals surface area contributed by atoms with Gasteiger partial charge in [-0.2, -0.15) is 4.98 Å². The van der Waals surface area contributed by atoms with Gasteiger partial charge >= 0.3 is 0 Å². The molecular formula is C12H13BrN2O3. The third-order valence-corrected chi connectivity index (χ3v) is 3.48. The molecule has 2 aromatic heterocycles. The van der Waals surface area contributed by atoms with Gasteiger partial charge in [0.2, 0.25) is 11.7 Å². The molecule has 0 amide bonds. The Morgan fingerprint density at radius 3 is 3.06 bits per heavy atom. The predicted octanol–water partition coefficient (Wildman–Crippen LogP) is 3.06. The van der Waals surface area contributed by atoms with Crippen LogP contribution in [0.4, 0.5) is 0 Å². The minimum absolute atomic E-state index is 0.498. The van der Waals surface area contributed by atoms with E-state index in [1.807, 2.05) is 6.07 Å². The van der Waals surface area contributed by atoms with Crippen LogP contribution >= 0.6 is 15.9 Å². The second-order valence-corrected chi connectivity index (χ2v) is 5.17. The zero-order valence-electron chi connectivity index (χ0n) is 9.76. The second kappa shape index (κ2) is 5.24. The molecule has 1 unspecified atom stereocenters. The molecule has 0 radical (unpaired) electrons. The van der Waals surface area contributed by atoms with Crippen molar-refractivity contribution in [1.82, 2.24) is 10.1 Å². The molecule has 0 saturated carbocycles. The van der Waals surface area contributed by atoms with E-state index in [1.165, 1.54) is 0 Å². The van der Waals surface area contributed by atoms with Crippen LogP contribution in [0.1, 0.15) is 18.7 Å². The standard InChI is InChI=1S/C12H13BrN2O3/c13-10-3-2-9(17-10)12-14-11(18-15-12)4-1-8-5-6-16-7-8/h2-3,8H,1,4-7H2. The van der Waals surface area contributed by atoms with Gasteiger partial charge in [-0.3, -0.25) is 0 Å². The summed E-state index contributed by atoms with van der Waals surface area (Å²) in [5.74, 6) is 2.39. The molecule has 1 fully saturated rings. The molecule has 18 heavy (non-hydrogen) atoms. The topological polar surface area (TPSA) is 61.3 Å². The SMILES string of the molecule is Brc1ccc(-c2noc(CCC3CCOC3)n2)o1. The summed E-state index contributed by atoms with van der Waals surface area (Å²) in [6, 6.07) is 3.62. The maximum atomic E-state index is 5.37. The molecule has 1 atom stereocenters. The zero-order valence-corrected chi connectivity index (χ0v) is 11.4. The van der Waals surface area contributed by atoms with E-state index in [-0.39, 0.29) is 0 Å². The number of ether oxygens (including phenoxy) is 1. The fraction of sp³-hybridized carbons (Fsp3) is 0.500. The van der Waals surface area contributed by atoms with Crippen LogP contribution in [0.5, 0.6) is 0 Å². The lowest BCUT2D eigenvalue weighted by Gasteiger charge is -2.02. The van der Waals surface area contributed by atoms with Crippen molar-refractivity contribution in [2.24, 2.45) is 5.92 Å². The smallest absolute Gasteiger partial charge is 0.238 e. The Kier molecular flexibility index (Phi) is 3.47. The summed E-state index contributed by atoms with van der Waals surface area (Å²) in [7, 11) is 0. The first-order valence-electron chi connectivity index (χ1n) is 5.97. The molecule has 0 aromatic carbocycles. The van der Waals surface area contributed by atoms with Crippen molar-refractivity contribution in [3.8, 4) is 11.6 Å². The van der Waals surface area contributed by atoms with Crippen LogP contribution in [-0.2, 0) is 11.2 Å². The molecule has 0 N–H and O–H groups in total. The van der Waals surface area contributed by atoms with E-state index in [1.54, 1.807) is 6.07 Å². The number of hydrogen-bond donors (Lipinski definition) is 0. The summed E-state index contributed by atoms with van der Waals surface area (Å²) in [6.45, 7) is 1.73. The number of rotatable bonds is 4. The molecule has 1 saturated heterocycles. The Bertz CT molecular complexity index is 517. The van der Waals surface area contributed by atoms with E-state index in [0.717, 1.165) is 32.5 Å². The molecule has 96 valence electrons. The van der Waals surface area contributed by atoms with Gasteiger partial charge in [0.1, 0.15) is 0 Å². The molecule has 1 aliphatic rings. The molecule has 6 heteroatoms. The largest absolute Gasteiger partial charge is 0.446 e. The summed E-state index contributed by atoms with van der Waals surface area (Å²) in [5, 5.41) is 3.91. The molecule has 1 aliphatic heterocycles. The van der Waals surface area contributed by atoms with Gasteiger partial charge in [-0.1, -0.05) is 5.16 Å². The van der Waals surface area contributed by atoms with Crippen molar-refractivity contribution in [3.05, 3.63) is 22.7 Å². The van der Waals surface area contributed by atoms with Crippen molar-refractivity contribution in [3.63, 3.8) is 0 Å². The molecule has 5 nitrogen and oxygen atoms in total. The molecule has 3 rings (SSSR count). The van der Waals surface area contributed by atoms with E-state index in [9.17, 15) is 0 Å². The fourth-order valence-corrected chi connectivity index (χ4v) is 2.34. The molecule has 0 spiro atoms. The Hall–Kier alpha value is -1.14. The first-order valence-corrected chi connectivity index (χ1v) is 6.76. The predicted molar refractivity (Wildman–Crippen MR) is 66.9 cm³/mol. The quantitative estimate of drug-likeness (QED) is 0.868. The highest BCUT2D eigenvalue weighted by atomic mass is 79.9. The average molecular weight is 313 g/mol. The normalized spacial score (nSPS) is 19.5. The summed E-state index contributed by atoms with van der Waals surface area (Å²) in [5.41, 5.74) is 0. The van der Waals surface area contributed by atoms with Gasteiger partial charge in [0.15, 0.2) is 10.4 Å². The first kappa shape index (κ1) is 11.9. The molecule has 2 aromatic rings. The van der Waals surface area contributed by atoms with Crippen LogP contribution in [0.25, 0.3) is 11.6 Å². The van der Waals surface area contributed by atoms with E-state index < -0.39 is 0 Å². The van der Waals surface area contributed by atoms with Gasteiger partial charge in [0, 0.05) is 19.6 Å². The number of aryl methyl sites for hydroxylation is 1. The summed E-state index contributed by atoms with van der Waals surface area (Å²) in [6.07, 6.45) is 2.96.